The number of anilines is 1. The van der Waals surface area contributed by atoms with Gasteiger partial charge in [-0.25, -0.2) is 15.0 Å². The van der Waals surface area contributed by atoms with Crippen molar-refractivity contribution in [2.24, 2.45) is 7.05 Å². The zero-order valence-electron chi connectivity index (χ0n) is 16.8. The molecule has 0 spiro atoms. The van der Waals surface area contributed by atoms with E-state index in [0.29, 0.717) is 17.5 Å². The molecule has 152 valence electrons. The first-order chi connectivity index (χ1) is 14.7. The van der Waals surface area contributed by atoms with Gasteiger partial charge in [0.05, 0.1) is 18.4 Å². The molecule has 0 amide bonds. The van der Waals surface area contributed by atoms with Gasteiger partial charge < -0.3 is 14.6 Å². The number of ether oxygens (including phenoxy) is 1. The molecule has 1 N–H and O–H groups in total. The van der Waals surface area contributed by atoms with E-state index >= 15 is 0 Å². The summed E-state index contributed by atoms with van der Waals surface area (Å²) >= 11 is 6.07. The summed E-state index contributed by atoms with van der Waals surface area (Å²) in [7, 11) is 3.64. The van der Waals surface area contributed by atoms with Crippen molar-refractivity contribution < 1.29 is 4.74 Å². The lowest BCUT2D eigenvalue weighted by Crippen LogP contribution is -2.10. The number of benzene rings is 2. The van der Waals surface area contributed by atoms with E-state index in [2.05, 4.69) is 21.4 Å². The van der Waals surface area contributed by atoms with Crippen molar-refractivity contribution in [2.45, 2.75) is 6.42 Å². The molecule has 0 fully saturated rings. The molecule has 2 aromatic heterocycles. The SMILES string of the molecule is COc1ccccc1CCNc1ncc(-c2nccn2C)c(-c2ccc(Cl)cc2)n1. The molecule has 2 heterocycles. The summed E-state index contributed by atoms with van der Waals surface area (Å²) in [6.45, 7) is 0.683. The molecule has 0 aliphatic carbocycles. The number of hydrogen-bond donors (Lipinski definition) is 1. The van der Waals surface area contributed by atoms with Crippen LogP contribution < -0.4 is 10.1 Å². The first kappa shape index (κ1) is 19.9. The molecule has 4 aromatic rings. The van der Waals surface area contributed by atoms with Gasteiger partial charge in [0.25, 0.3) is 0 Å². The van der Waals surface area contributed by atoms with Gasteiger partial charge in [0.15, 0.2) is 0 Å². The number of nitrogens with zero attached hydrogens (tertiary/aromatic N) is 4. The van der Waals surface area contributed by atoms with Gasteiger partial charge in [0.2, 0.25) is 5.95 Å². The molecule has 0 aliphatic heterocycles. The van der Waals surface area contributed by atoms with E-state index in [4.69, 9.17) is 21.3 Å². The summed E-state index contributed by atoms with van der Waals surface area (Å²) in [6.07, 6.45) is 6.27. The third-order valence-corrected chi connectivity index (χ3v) is 5.09. The Labute approximate surface area is 180 Å². The van der Waals surface area contributed by atoms with Crippen LogP contribution in [0.4, 0.5) is 5.95 Å². The minimum absolute atomic E-state index is 0.563. The summed E-state index contributed by atoms with van der Waals surface area (Å²) in [4.78, 5) is 13.8. The molecule has 2 aromatic carbocycles. The zero-order chi connectivity index (χ0) is 20.9. The van der Waals surface area contributed by atoms with Crippen LogP contribution in [0, 0.1) is 0 Å². The van der Waals surface area contributed by atoms with Crippen molar-refractivity contribution in [1.29, 1.82) is 0 Å². The van der Waals surface area contributed by atoms with Crippen LogP contribution in [0.5, 0.6) is 5.75 Å². The van der Waals surface area contributed by atoms with Crippen LogP contribution in [0.1, 0.15) is 5.56 Å². The number of aryl methyl sites for hydroxylation is 1. The van der Waals surface area contributed by atoms with Crippen molar-refractivity contribution in [3.63, 3.8) is 0 Å². The number of imidazole rings is 1. The molecule has 4 rings (SSSR count). The van der Waals surface area contributed by atoms with Crippen molar-refractivity contribution in [1.82, 2.24) is 19.5 Å². The van der Waals surface area contributed by atoms with E-state index in [1.807, 2.05) is 66.5 Å². The van der Waals surface area contributed by atoms with E-state index in [-0.39, 0.29) is 0 Å². The highest BCUT2D eigenvalue weighted by atomic mass is 35.5. The lowest BCUT2D eigenvalue weighted by atomic mass is 10.1. The molecule has 0 radical (unpaired) electrons. The Hall–Kier alpha value is -3.38. The first-order valence-electron chi connectivity index (χ1n) is 9.62. The van der Waals surface area contributed by atoms with Gasteiger partial charge in [-0.15, -0.1) is 0 Å². The molecule has 0 saturated carbocycles. The van der Waals surface area contributed by atoms with Gasteiger partial charge in [-0.3, -0.25) is 0 Å². The van der Waals surface area contributed by atoms with E-state index in [1.165, 1.54) is 0 Å². The minimum Gasteiger partial charge on any atom is -0.496 e. The number of rotatable bonds is 7. The van der Waals surface area contributed by atoms with Gasteiger partial charge in [-0.05, 0) is 30.2 Å². The average molecular weight is 420 g/mol. The highest BCUT2D eigenvalue weighted by molar-refractivity contribution is 6.30. The Morgan fingerprint density at radius 3 is 2.60 bits per heavy atom. The van der Waals surface area contributed by atoms with E-state index < -0.39 is 0 Å². The van der Waals surface area contributed by atoms with Crippen LogP contribution in [0.25, 0.3) is 22.6 Å². The third kappa shape index (κ3) is 4.28. The van der Waals surface area contributed by atoms with Crippen LogP contribution in [0.15, 0.2) is 67.1 Å². The number of halogens is 1. The highest BCUT2D eigenvalue weighted by Crippen LogP contribution is 2.30. The van der Waals surface area contributed by atoms with E-state index in [1.54, 1.807) is 13.3 Å². The molecule has 0 unspecified atom stereocenters. The average Bonchev–Trinajstić information content (AvgIpc) is 3.20. The Bertz CT molecular complexity index is 1140. The summed E-state index contributed by atoms with van der Waals surface area (Å²) in [5.41, 5.74) is 3.75. The normalized spacial score (nSPS) is 10.8. The second kappa shape index (κ2) is 8.97. The fraction of sp³-hybridized carbons (Fsp3) is 0.174. The molecule has 30 heavy (non-hydrogen) atoms. The first-order valence-corrected chi connectivity index (χ1v) is 10.00. The summed E-state index contributed by atoms with van der Waals surface area (Å²) < 4.78 is 7.38. The van der Waals surface area contributed by atoms with Gasteiger partial charge in [-0.2, -0.15) is 0 Å². The summed E-state index contributed by atoms with van der Waals surface area (Å²) in [5.74, 6) is 2.25. The zero-order valence-corrected chi connectivity index (χ0v) is 17.6. The number of methoxy groups -OCH3 is 1. The van der Waals surface area contributed by atoms with Gasteiger partial charge in [0.1, 0.15) is 11.6 Å². The molecule has 7 heteroatoms. The number of hydrogen-bond acceptors (Lipinski definition) is 5. The van der Waals surface area contributed by atoms with Crippen molar-refractivity contribution in [3.05, 3.63) is 77.7 Å². The smallest absolute Gasteiger partial charge is 0.223 e. The molecule has 0 aliphatic rings. The van der Waals surface area contributed by atoms with Crippen LogP contribution in [0.2, 0.25) is 5.02 Å². The lowest BCUT2D eigenvalue weighted by Gasteiger charge is -2.12. The molecule has 0 atom stereocenters. The molecular weight excluding hydrogens is 398 g/mol. The van der Waals surface area contributed by atoms with Crippen LogP contribution in [-0.2, 0) is 13.5 Å². The Morgan fingerprint density at radius 1 is 1.07 bits per heavy atom. The second-order valence-electron chi connectivity index (χ2n) is 6.81. The van der Waals surface area contributed by atoms with Gasteiger partial charge in [-0.1, -0.05) is 41.9 Å². The Balaban J connectivity index is 1.61. The lowest BCUT2D eigenvalue weighted by molar-refractivity contribution is 0.410. The number of para-hydroxylation sites is 1. The maximum Gasteiger partial charge on any atom is 0.223 e. The number of nitrogens with one attached hydrogen (secondary N) is 1. The van der Waals surface area contributed by atoms with Crippen molar-refractivity contribution in [3.8, 4) is 28.4 Å². The largest absolute Gasteiger partial charge is 0.496 e. The Morgan fingerprint density at radius 2 is 1.87 bits per heavy atom. The maximum atomic E-state index is 6.07. The summed E-state index contributed by atoms with van der Waals surface area (Å²) in [6, 6.07) is 15.6. The quantitative estimate of drug-likeness (QED) is 0.463. The topological polar surface area (TPSA) is 64.9 Å². The Kier molecular flexibility index (Phi) is 5.95. The predicted molar refractivity (Wildman–Crippen MR) is 120 cm³/mol. The molecular formula is C23H22ClN5O. The fourth-order valence-electron chi connectivity index (χ4n) is 3.30. The molecule has 6 nitrogen and oxygen atoms in total. The van der Waals surface area contributed by atoms with Gasteiger partial charge >= 0.3 is 0 Å². The maximum absolute atomic E-state index is 6.07. The molecule has 0 saturated heterocycles. The van der Waals surface area contributed by atoms with E-state index in [9.17, 15) is 0 Å². The van der Waals surface area contributed by atoms with Crippen LogP contribution >= 0.6 is 11.6 Å². The minimum atomic E-state index is 0.563. The van der Waals surface area contributed by atoms with Crippen LogP contribution in [-0.4, -0.2) is 33.2 Å². The van der Waals surface area contributed by atoms with E-state index in [0.717, 1.165) is 40.4 Å². The monoisotopic (exact) mass is 419 g/mol. The van der Waals surface area contributed by atoms with Crippen molar-refractivity contribution >= 4 is 17.5 Å². The summed E-state index contributed by atoms with van der Waals surface area (Å²) in [5, 5.41) is 4.00. The van der Waals surface area contributed by atoms with Crippen molar-refractivity contribution in [2.75, 3.05) is 19.0 Å². The number of aromatic nitrogens is 4. The fourth-order valence-corrected chi connectivity index (χ4v) is 3.43. The standard InChI is InChI=1S/C23H22ClN5O/c1-29-14-13-25-22(29)19-15-27-23(28-21(19)17-7-9-18(24)10-8-17)26-12-11-16-5-3-4-6-20(16)30-2/h3-10,13-15H,11-12H2,1-2H3,(H,26,27,28). The van der Waals surface area contributed by atoms with Gasteiger partial charge in [0, 0.05) is 42.8 Å². The van der Waals surface area contributed by atoms with Crippen LogP contribution in [0.3, 0.4) is 0 Å². The molecule has 0 bridgehead atoms. The third-order valence-electron chi connectivity index (χ3n) is 4.84. The predicted octanol–water partition coefficient (Wildman–Crippen LogP) is 4.86. The highest BCUT2D eigenvalue weighted by Gasteiger charge is 2.15. The second-order valence-corrected chi connectivity index (χ2v) is 7.25.